The van der Waals surface area contributed by atoms with Crippen LogP contribution in [0.2, 0.25) is 0 Å². The Labute approximate surface area is 104 Å². The maximum Gasteiger partial charge on any atom is 0.223 e. The molecule has 2 unspecified atom stereocenters. The highest BCUT2D eigenvalue weighted by Crippen LogP contribution is 2.38. The summed E-state index contributed by atoms with van der Waals surface area (Å²) in [5.41, 5.74) is -0.639. The van der Waals surface area contributed by atoms with Crippen molar-refractivity contribution in [1.82, 2.24) is 5.32 Å². The lowest BCUT2D eigenvalue weighted by molar-refractivity contribution is -0.124. The van der Waals surface area contributed by atoms with Crippen LogP contribution < -0.4 is 5.32 Å². The molecule has 3 nitrogen and oxygen atoms in total. The monoisotopic (exact) mass is 239 g/mol. The molecule has 17 heavy (non-hydrogen) atoms. The van der Waals surface area contributed by atoms with E-state index in [1.807, 2.05) is 0 Å². The van der Waals surface area contributed by atoms with Crippen LogP contribution >= 0.6 is 0 Å². The van der Waals surface area contributed by atoms with Crippen LogP contribution in [-0.2, 0) is 4.79 Å². The molecule has 0 heterocycles. The van der Waals surface area contributed by atoms with E-state index in [-0.39, 0.29) is 11.8 Å². The van der Waals surface area contributed by atoms with Gasteiger partial charge in [-0.1, -0.05) is 20.3 Å². The number of nitrogens with one attached hydrogen (secondary N) is 1. The number of carbonyl (C=O) groups excluding carboxylic acids is 1. The second-order valence-electron chi connectivity index (χ2n) is 6.11. The minimum Gasteiger partial charge on any atom is -0.388 e. The Morgan fingerprint density at radius 1 is 1.41 bits per heavy atom. The Bertz CT molecular complexity index is 282. The Balaban J connectivity index is 1.73. The molecule has 0 aromatic carbocycles. The van der Waals surface area contributed by atoms with Crippen LogP contribution in [-0.4, -0.2) is 23.2 Å². The number of amides is 1. The van der Waals surface area contributed by atoms with Crippen LogP contribution in [0, 0.1) is 17.8 Å². The van der Waals surface area contributed by atoms with Crippen molar-refractivity contribution in [3.05, 3.63) is 0 Å². The highest BCUT2D eigenvalue weighted by atomic mass is 16.3. The maximum absolute atomic E-state index is 11.7. The van der Waals surface area contributed by atoms with Crippen LogP contribution in [0.15, 0.2) is 0 Å². The Kier molecular flexibility index (Phi) is 3.76. The van der Waals surface area contributed by atoms with Crippen molar-refractivity contribution in [2.24, 2.45) is 17.8 Å². The first-order valence-corrected chi connectivity index (χ1v) is 7.04. The van der Waals surface area contributed by atoms with E-state index in [2.05, 4.69) is 19.2 Å². The smallest absolute Gasteiger partial charge is 0.223 e. The van der Waals surface area contributed by atoms with Gasteiger partial charge in [0.05, 0.1) is 5.60 Å². The first-order chi connectivity index (χ1) is 8.04. The third-order valence-electron chi connectivity index (χ3n) is 4.65. The van der Waals surface area contributed by atoms with Crippen molar-refractivity contribution in [2.45, 2.75) is 58.0 Å². The summed E-state index contributed by atoms with van der Waals surface area (Å²) >= 11 is 0. The van der Waals surface area contributed by atoms with Gasteiger partial charge in [-0.15, -0.1) is 0 Å². The van der Waals surface area contributed by atoms with Crippen molar-refractivity contribution >= 4 is 5.91 Å². The molecule has 2 N–H and O–H groups in total. The minimum atomic E-state index is -0.639. The topological polar surface area (TPSA) is 49.3 Å². The molecule has 2 aliphatic carbocycles. The number of carbonyl (C=O) groups is 1. The number of aliphatic hydroxyl groups is 1. The van der Waals surface area contributed by atoms with E-state index in [9.17, 15) is 9.90 Å². The third-order valence-corrected chi connectivity index (χ3v) is 4.65. The van der Waals surface area contributed by atoms with Crippen LogP contribution in [0.4, 0.5) is 0 Å². The lowest BCUT2D eigenvalue weighted by atomic mass is 9.78. The Morgan fingerprint density at radius 3 is 2.47 bits per heavy atom. The second kappa shape index (κ2) is 4.97. The van der Waals surface area contributed by atoms with E-state index >= 15 is 0 Å². The molecule has 0 aromatic rings. The predicted octanol–water partition coefficient (Wildman–Crippen LogP) is 2.09. The van der Waals surface area contributed by atoms with Crippen molar-refractivity contribution < 1.29 is 9.90 Å². The molecule has 2 rings (SSSR count). The van der Waals surface area contributed by atoms with Gasteiger partial charge in [-0.3, -0.25) is 4.79 Å². The molecular formula is C14H25NO2. The number of rotatable bonds is 4. The molecule has 0 bridgehead atoms. The average molecular weight is 239 g/mol. The standard InChI is InChI=1S/C14H25NO2/c1-3-11-4-6-14(17,7-5-11)9-15-13(16)12-8-10(12)2/h10-12,17H,3-9H2,1-2H3,(H,15,16). The molecular weight excluding hydrogens is 214 g/mol. The molecule has 2 fully saturated rings. The van der Waals surface area contributed by atoms with Crippen LogP contribution in [0.25, 0.3) is 0 Å². The van der Waals surface area contributed by atoms with Gasteiger partial charge in [0.15, 0.2) is 0 Å². The zero-order chi connectivity index (χ0) is 12.5. The molecule has 0 aliphatic heterocycles. The van der Waals surface area contributed by atoms with Crippen molar-refractivity contribution in [1.29, 1.82) is 0 Å². The molecule has 0 saturated heterocycles. The first-order valence-electron chi connectivity index (χ1n) is 7.04. The lowest BCUT2D eigenvalue weighted by Crippen LogP contribution is -2.45. The molecule has 2 atom stereocenters. The summed E-state index contributed by atoms with van der Waals surface area (Å²) < 4.78 is 0. The van der Waals surface area contributed by atoms with Crippen LogP contribution in [0.1, 0.15) is 52.4 Å². The van der Waals surface area contributed by atoms with E-state index in [1.165, 1.54) is 6.42 Å². The van der Waals surface area contributed by atoms with Gasteiger partial charge in [0.25, 0.3) is 0 Å². The minimum absolute atomic E-state index is 0.142. The highest BCUT2D eigenvalue weighted by Gasteiger charge is 2.40. The van der Waals surface area contributed by atoms with Gasteiger partial charge < -0.3 is 10.4 Å². The second-order valence-corrected chi connectivity index (χ2v) is 6.11. The van der Waals surface area contributed by atoms with Gasteiger partial charge in [-0.2, -0.15) is 0 Å². The Hall–Kier alpha value is -0.570. The fourth-order valence-corrected chi connectivity index (χ4v) is 2.87. The maximum atomic E-state index is 11.7. The van der Waals surface area contributed by atoms with E-state index in [0.29, 0.717) is 12.5 Å². The molecule has 3 heteroatoms. The fourth-order valence-electron chi connectivity index (χ4n) is 2.87. The van der Waals surface area contributed by atoms with E-state index in [1.54, 1.807) is 0 Å². The van der Waals surface area contributed by atoms with Crippen LogP contribution in [0.3, 0.4) is 0 Å². The normalized spacial score (nSPS) is 41.0. The summed E-state index contributed by atoms with van der Waals surface area (Å²) in [6.45, 7) is 4.77. The van der Waals surface area contributed by atoms with Gasteiger partial charge in [0.1, 0.15) is 0 Å². The Morgan fingerprint density at radius 2 is 2.00 bits per heavy atom. The molecule has 0 radical (unpaired) electrons. The quantitative estimate of drug-likeness (QED) is 0.789. The zero-order valence-corrected chi connectivity index (χ0v) is 11.0. The summed E-state index contributed by atoms with van der Waals surface area (Å²) in [5.74, 6) is 1.67. The summed E-state index contributed by atoms with van der Waals surface area (Å²) in [4.78, 5) is 11.7. The van der Waals surface area contributed by atoms with Gasteiger partial charge >= 0.3 is 0 Å². The molecule has 2 saturated carbocycles. The van der Waals surface area contributed by atoms with Gasteiger partial charge in [-0.25, -0.2) is 0 Å². The number of hydrogen-bond donors (Lipinski definition) is 2. The van der Waals surface area contributed by atoms with Gasteiger partial charge in [-0.05, 0) is 43.9 Å². The summed E-state index contributed by atoms with van der Waals surface area (Å²) in [6, 6.07) is 0. The highest BCUT2D eigenvalue weighted by molar-refractivity contribution is 5.81. The average Bonchev–Trinajstić information content (AvgIpc) is 3.05. The van der Waals surface area contributed by atoms with Crippen LogP contribution in [0.5, 0.6) is 0 Å². The van der Waals surface area contributed by atoms with Crippen molar-refractivity contribution in [3.8, 4) is 0 Å². The van der Waals surface area contributed by atoms with Crippen molar-refractivity contribution in [2.75, 3.05) is 6.54 Å². The predicted molar refractivity (Wildman–Crippen MR) is 67.5 cm³/mol. The SMILES string of the molecule is CCC1CCC(O)(CNC(=O)C2CC2C)CC1. The van der Waals surface area contributed by atoms with Gasteiger partial charge in [0, 0.05) is 12.5 Å². The van der Waals surface area contributed by atoms with E-state index < -0.39 is 5.60 Å². The largest absolute Gasteiger partial charge is 0.388 e. The van der Waals surface area contributed by atoms with Gasteiger partial charge in [0.2, 0.25) is 5.91 Å². The fraction of sp³-hybridized carbons (Fsp3) is 0.929. The molecule has 0 spiro atoms. The summed E-state index contributed by atoms with van der Waals surface area (Å²) in [5, 5.41) is 13.3. The summed E-state index contributed by atoms with van der Waals surface area (Å²) in [7, 11) is 0. The van der Waals surface area contributed by atoms with E-state index in [4.69, 9.17) is 0 Å². The number of hydrogen-bond acceptors (Lipinski definition) is 2. The first kappa shape index (κ1) is 12.9. The molecule has 1 amide bonds. The lowest BCUT2D eigenvalue weighted by Gasteiger charge is -2.35. The molecule has 2 aliphatic rings. The molecule has 0 aromatic heterocycles. The van der Waals surface area contributed by atoms with E-state index in [0.717, 1.165) is 38.0 Å². The summed E-state index contributed by atoms with van der Waals surface area (Å²) in [6.07, 6.45) is 6.10. The third kappa shape index (κ3) is 3.21. The zero-order valence-electron chi connectivity index (χ0n) is 11.0. The van der Waals surface area contributed by atoms with Crippen molar-refractivity contribution in [3.63, 3.8) is 0 Å². The molecule has 98 valence electrons.